The quantitative estimate of drug-likeness (QED) is 0.848. The maximum Gasteiger partial charge on any atom is 0.264 e. The van der Waals surface area contributed by atoms with E-state index < -0.39 is 10.0 Å². The molecule has 0 aliphatic carbocycles. The summed E-state index contributed by atoms with van der Waals surface area (Å²) in [5.74, 6) is 0.779. The summed E-state index contributed by atoms with van der Waals surface area (Å²) in [6, 6.07) is 13.0. The van der Waals surface area contributed by atoms with Crippen LogP contribution in [0.1, 0.15) is 11.1 Å². The molecule has 0 radical (unpaired) electrons. The Kier molecular flexibility index (Phi) is 3.71. The SMILES string of the molecule is Cc1ccc(S(=O)(=O)N2CCSc3ccccc32)cc1C. The number of benzene rings is 2. The second-order valence-electron chi connectivity index (χ2n) is 5.14. The molecule has 0 N–H and O–H groups in total. The Morgan fingerprint density at radius 2 is 1.81 bits per heavy atom. The molecule has 3 nitrogen and oxygen atoms in total. The predicted molar refractivity (Wildman–Crippen MR) is 87.6 cm³/mol. The van der Waals surface area contributed by atoms with Gasteiger partial charge in [0.05, 0.1) is 10.6 Å². The Labute approximate surface area is 130 Å². The van der Waals surface area contributed by atoms with Crippen LogP contribution in [0, 0.1) is 13.8 Å². The van der Waals surface area contributed by atoms with Gasteiger partial charge in [0.25, 0.3) is 10.0 Å². The van der Waals surface area contributed by atoms with Crippen molar-refractivity contribution in [2.75, 3.05) is 16.6 Å². The molecule has 1 aliphatic rings. The van der Waals surface area contributed by atoms with Gasteiger partial charge < -0.3 is 0 Å². The van der Waals surface area contributed by atoms with Gasteiger partial charge in [0, 0.05) is 17.2 Å². The molecule has 0 spiro atoms. The summed E-state index contributed by atoms with van der Waals surface area (Å²) in [5, 5.41) is 0. The topological polar surface area (TPSA) is 37.4 Å². The van der Waals surface area contributed by atoms with Crippen molar-refractivity contribution in [1.29, 1.82) is 0 Å². The number of fused-ring (bicyclic) bond motifs is 1. The number of rotatable bonds is 2. The molecule has 0 unspecified atom stereocenters. The number of thioether (sulfide) groups is 1. The fourth-order valence-electron chi connectivity index (χ4n) is 2.40. The third kappa shape index (κ3) is 2.56. The zero-order valence-electron chi connectivity index (χ0n) is 12.0. The van der Waals surface area contributed by atoms with E-state index in [1.54, 1.807) is 23.9 Å². The molecule has 0 saturated heterocycles. The van der Waals surface area contributed by atoms with Crippen molar-refractivity contribution in [3.05, 3.63) is 53.6 Å². The van der Waals surface area contributed by atoms with Gasteiger partial charge in [0.2, 0.25) is 0 Å². The minimum Gasteiger partial charge on any atom is -0.264 e. The number of aryl methyl sites for hydroxylation is 2. The Balaban J connectivity index is 2.09. The fraction of sp³-hybridized carbons (Fsp3) is 0.250. The summed E-state index contributed by atoms with van der Waals surface area (Å²) in [4.78, 5) is 1.39. The molecule has 1 aliphatic heterocycles. The molecular formula is C16H17NO2S2. The van der Waals surface area contributed by atoms with E-state index in [2.05, 4.69) is 0 Å². The highest BCUT2D eigenvalue weighted by Crippen LogP contribution is 2.37. The molecule has 0 bridgehead atoms. The Morgan fingerprint density at radius 1 is 1.05 bits per heavy atom. The number of anilines is 1. The van der Waals surface area contributed by atoms with Gasteiger partial charge in [0.15, 0.2) is 0 Å². The molecule has 0 atom stereocenters. The predicted octanol–water partition coefficient (Wildman–Crippen LogP) is 3.60. The van der Waals surface area contributed by atoms with E-state index >= 15 is 0 Å². The van der Waals surface area contributed by atoms with Crippen LogP contribution < -0.4 is 4.31 Å². The Hall–Kier alpha value is -1.46. The zero-order valence-corrected chi connectivity index (χ0v) is 13.7. The normalized spacial score (nSPS) is 14.9. The van der Waals surface area contributed by atoms with Crippen molar-refractivity contribution in [3.63, 3.8) is 0 Å². The molecule has 0 saturated carbocycles. The summed E-state index contributed by atoms with van der Waals surface area (Å²) in [6.07, 6.45) is 0. The van der Waals surface area contributed by atoms with Gasteiger partial charge in [-0.3, -0.25) is 4.31 Å². The third-order valence-corrected chi connectivity index (χ3v) is 6.60. The van der Waals surface area contributed by atoms with Crippen LogP contribution in [0.2, 0.25) is 0 Å². The lowest BCUT2D eigenvalue weighted by molar-refractivity contribution is 0.591. The first-order valence-electron chi connectivity index (χ1n) is 6.82. The van der Waals surface area contributed by atoms with E-state index in [-0.39, 0.29) is 0 Å². The summed E-state index contributed by atoms with van der Waals surface area (Å²) in [6.45, 7) is 4.43. The van der Waals surface area contributed by atoms with Gasteiger partial charge in [-0.1, -0.05) is 18.2 Å². The first kappa shape index (κ1) is 14.5. The molecule has 3 rings (SSSR count). The monoisotopic (exact) mass is 319 g/mol. The van der Waals surface area contributed by atoms with Crippen molar-refractivity contribution in [2.24, 2.45) is 0 Å². The molecule has 0 fully saturated rings. The molecule has 110 valence electrons. The van der Waals surface area contributed by atoms with Gasteiger partial charge in [0.1, 0.15) is 0 Å². The van der Waals surface area contributed by atoms with E-state index in [0.717, 1.165) is 27.5 Å². The van der Waals surface area contributed by atoms with Crippen molar-refractivity contribution in [1.82, 2.24) is 0 Å². The highest BCUT2D eigenvalue weighted by atomic mass is 32.2. The fourth-order valence-corrected chi connectivity index (χ4v) is 5.13. The number of para-hydroxylation sites is 1. The van der Waals surface area contributed by atoms with Crippen LogP contribution in [0.15, 0.2) is 52.3 Å². The second kappa shape index (κ2) is 5.39. The van der Waals surface area contributed by atoms with Crippen LogP contribution >= 0.6 is 11.8 Å². The lowest BCUT2D eigenvalue weighted by atomic mass is 10.1. The summed E-state index contributed by atoms with van der Waals surface area (Å²) < 4.78 is 27.4. The van der Waals surface area contributed by atoms with E-state index in [9.17, 15) is 8.42 Å². The van der Waals surface area contributed by atoms with Crippen LogP contribution in [0.3, 0.4) is 0 Å². The largest absolute Gasteiger partial charge is 0.264 e. The Morgan fingerprint density at radius 3 is 2.57 bits per heavy atom. The molecule has 0 aromatic heterocycles. The highest BCUT2D eigenvalue weighted by Gasteiger charge is 2.29. The van der Waals surface area contributed by atoms with E-state index in [1.165, 1.54) is 4.31 Å². The van der Waals surface area contributed by atoms with Crippen molar-refractivity contribution >= 4 is 27.5 Å². The molecular weight excluding hydrogens is 302 g/mol. The first-order valence-corrected chi connectivity index (χ1v) is 9.24. The zero-order chi connectivity index (χ0) is 15.0. The highest BCUT2D eigenvalue weighted by molar-refractivity contribution is 8.00. The molecule has 2 aromatic rings. The molecule has 2 aromatic carbocycles. The van der Waals surface area contributed by atoms with Crippen molar-refractivity contribution < 1.29 is 8.42 Å². The summed E-state index contributed by atoms with van der Waals surface area (Å²) >= 11 is 1.70. The van der Waals surface area contributed by atoms with E-state index in [0.29, 0.717) is 11.4 Å². The van der Waals surface area contributed by atoms with Gasteiger partial charge in [-0.25, -0.2) is 8.42 Å². The lowest BCUT2D eigenvalue weighted by Gasteiger charge is -2.30. The van der Waals surface area contributed by atoms with Crippen LogP contribution in [0.5, 0.6) is 0 Å². The first-order chi connectivity index (χ1) is 10.00. The number of nitrogens with zero attached hydrogens (tertiary/aromatic N) is 1. The van der Waals surface area contributed by atoms with Gasteiger partial charge >= 0.3 is 0 Å². The summed E-state index contributed by atoms with van der Waals surface area (Å²) in [5.41, 5.74) is 2.88. The van der Waals surface area contributed by atoms with Gasteiger partial charge in [-0.05, 0) is 49.2 Å². The van der Waals surface area contributed by atoms with Crippen LogP contribution in [0.25, 0.3) is 0 Å². The molecule has 21 heavy (non-hydrogen) atoms. The smallest absolute Gasteiger partial charge is 0.264 e. The standard InChI is InChI=1S/C16H17NO2S2/c1-12-7-8-14(11-13(12)2)21(18,19)17-9-10-20-16-6-4-3-5-15(16)17/h3-8,11H,9-10H2,1-2H3. The van der Waals surface area contributed by atoms with E-state index in [1.807, 2.05) is 44.2 Å². The molecule has 1 heterocycles. The third-order valence-electron chi connectivity index (χ3n) is 3.75. The van der Waals surface area contributed by atoms with Gasteiger partial charge in [-0.15, -0.1) is 11.8 Å². The van der Waals surface area contributed by atoms with Crippen molar-refractivity contribution in [2.45, 2.75) is 23.6 Å². The summed E-state index contributed by atoms with van der Waals surface area (Å²) in [7, 11) is -3.49. The minimum absolute atomic E-state index is 0.368. The van der Waals surface area contributed by atoms with E-state index in [4.69, 9.17) is 0 Å². The number of hydrogen-bond acceptors (Lipinski definition) is 3. The van der Waals surface area contributed by atoms with Crippen molar-refractivity contribution in [3.8, 4) is 0 Å². The maximum atomic E-state index is 12.9. The minimum atomic E-state index is -3.49. The average Bonchev–Trinajstić information content (AvgIpc) is 2.49. The maximum absolute atomic E-state index is 12.9. The number of hydrogen-bond donors (Lipinski definition) is 0. The lowest BCUT2D eigenvalue weighted by Crippen LogP contribution is -2.35. The molecule has 5 heteroatoms. The Bertz CT molecular complexity index is 785. The van der Waals surface area contributed by atoms with Crippen LogP contribution in [-0.2, 0) is 10.0 Å². The van der Waals surface area contributed by atoms with Crippen LogP contribution in [0.4, 0.5) is 5.69 Å². The van der Waals surface area contributed by atoms with Crippen LogP contribution in [-0.4, -0.2) is 20.7 Å². The second-order valence-corrected chi connectivity index (χ2v) is 8.14. The average molecular weight is 319 g/mol. The molecule has 0 amide bonds. The number of sulfonamides is 1. The van der Waals surface area contributed by atoms with Gasteiger partial charge in [-0.2, -0.15) is 0 Å².